The van der Waals surface area contributed by atoms with Gasteiger partial charge in [-0.3, -0.25) is 9.59 Å². The molecule has 128 valence electrons. The molecule has 0 aromatic carbocycles. The number of amides is 1. The van der Waals surface area contributed by atoms with Gasteiger partial charge in [-0.25, -0.2) is 9.50 Å². The van der Waals surface area contributed by atoms with Crippen LogP contribution in [0.15, 0.2) is 6.33 Å². The minimum absolute atomic E-state index is 0.0475. The highest BCUT2D eigenvalue weighted by Gasteiger charge is 2.29. The van der Waals surface area contributed by atoms with Crippen LogP contribution in [0.4, 0.5) is 0 Å². The third-order valence-electron chi connectivity index (χ3n) is 4.39. The summed E-state index contributed by atoms with van der Waals surface area (Å²) in [7, 11) is 0. The maximum atomic E-state index is 12.1. The summed E-state index contributed by atoms with van der Waals surface area (Å²) in [5, 5.41) is 6.94. The van der Waals surface area contributed by atoms with E-state index in [1.54, 1.807) is 4.52 Å². The molecule has 2 aromatic heterocycles. The van der Waals surface area contributed by atoms with Crippen molar-refractivity contribution in [3.05, 3.63) is 23.3 Å². The Labute approximate surface area is 139 Å². The Morgan fingerprint density at radius 3 is 2.88 bits per heavy atom. The first-order valence-corrected chi connectivity index (χ1v) is 8.06. The number of nitrogens with zero attached hydrogens (tertiary/aromatic N) is 4. The van der Waals surface area contributed by atoms with Crippen molar-refractivity contribution in [3.8, 4) is 0 Å². The SMILES string of the molecule is Cc1nc2ncnn2c(C)c1CC(=O)OCC(=O)N[C@H](C)C1CC1. The first-order chi connectivity index (χ1) is 11.5. The number of rotatable bonds is 6. The van der Waals surface area contributed by atoms with Crippen LogP contribution in [0.1, 0.15) is 36.7 Å². The monoisotopic (exact) mass is 331 g/mol. The molecule has 8 nitrogen and oxygen atoms in total. The predicted octanol–water partition coefficient (Wildman–Crippen LogP) is 0.742. The summed E-state index contributed by atoms with van der Waals surface area (Å²) in [5.41, 5.74) is 2.24. The Morgan fingerprint density at radius 1 is 1.42 bits per heavy atom. The van der Waals surface area contributed by atoms with Gasteiger partial charge in [0.25, 0.3) is 11.7 Å². The van der Waals surface area contributed by atoms with E-state index in [2.05, 4.69) is 20.4 Å². The lowest BCUT2D eigenvalue weighted by Gasteiger charge is -2.13. The van der Waals surface area contributed by atoms with E-state index in [1.165, 1.54) is 6.33 Å². The highest BCUT2D eigenvalue weighted by Crippen LogP contribution is 2.32. The fourth-order valence-corrected chi connectivity index (χ4v) is 2.76. The van der Waals surface area contributed by atoms with Crippen molar-refractivity contribution in [2.75, 3.05) is 6.61 Å². The van der Waals surface area contributed by atoms with Crippen LogP contribution in [0.3, 0.4) is 0 Å². The molecule has 1 N–H and O–H groups in total. The van der Waals surface area contributed by atoms with Crippen molar-refractivity contribution in [2.24, 2.45) is 5.92 Å². The molecule has 1 saturated carbocycles. The number of hydrogen-bond donors (Lipinski definition) is 1. The number of aromatic nitrogens is 4. The predicted molar refractivity (Wildman–Crippen MR) is 85.2 cm³/mol. The fraction of sp³-hybridized carbons (Fsp3) is 0.562. The lowest BCUT2D eigenvalue weighted by atomic mass is 10.1. The largest absolute Gasteiger partial charge is 0.455 e. The average molecular weight is 331 g/mol. The Bertz CT molecular complexity index is 781. The summed E-state index contributed by atoms with van der Waals surface area (Å²) in [4.78, 5) is 32.2. The molecule has 0 radical (unpaired) electrons. The van der Waals surface area contributed by atoms with Crippen molar-refractivity contribution in [1.29, 1.82) is 0 Å². The minimum Gasteiger partial charge on any atom is -0.455 e. The highest BCUT2D eigenvalue weighted by atomic mass is 16.5. The van der Waals surface area contributed by atoms with Crippen molar-refractivity contribution in [1.82, 2.24) is 24.9 Å². The van der Waals surface area contributed by atoms with Crippen LogP contribution in [-0.2, 0) is 20.7 Å². The van der Waals surface area contributed by atoms with E-state index >= 15 is 0 Å². The third kappa shape index (κ3) is 3.52. The molecule has 3 rings (SSSR count). The van der Waals surface area contributed by atoms with E-state index in [1.807, 2.05) is 20.8 Å². The van der Waals surface area contributed by atoms with Gasteiger partial charge < -0.3 is 10.1 Å². The topological polar surface area (TPSA) is 98.5 Å². The summed E-state index contributed by atoms with van der Waals surface area (Å²) >= 11 is 0. The molecule has 1 fully saturated rings. The van der Waals surface area contributed by atoms with Gasteiger partial charge in [0.1, 0.15) is 6.33 Å². The van der Waals surface area contributed by atoms with Crippen LogP contribution in [0.5, 0.6) is 0 Å². The second kappa shape index (κ2) is 6.54. The fourth-order valence-electron chi connectivity index (χ4n) is 2.76. The summed E-state index contributed by atoms with van der Waals surface area (Å²) < 4.78 is 6.67. The number of carbonyl (C=O) groups excluding carboxylic acids is 2. The Morgan fingerprint density at radius 2 is 2.17 bits per heavy atom. The molecular formula is C16H21N5O3. The first kappa shape index (κ1) is 16.4. The van der Waals surface area contributed by atoms with Gasteiger partial charge in [-0.2, -0.15) is 10.1 Å². The number of hydrogen-bond acceptors (Lipinski definition) is 6. The molecule has 0 aliphatic heterocycles. The summed E-state index contributed by atoms with van der Waals surface area (Å²) in [5.74, 6) is 0.337. The van der Waals surface area contributed by atoms with Crippen LogP contribution in [0, 0.1) is 19.8 Å². The molecule has 24 heavy (non-hydrogen) atoms. The van der Waals surface area contributed by atoms with Gasteiger partial charge in [-0.1, -0.05) is 0 Å². The van der Waals surface area contributed by atoms with E-state index in [0.717, 1.165) is 24.1 Å². The maximum absolute atomic E-state index is 12.1. The zero-order valence-corrected chi connectivity index (χ0v) is 14.1. The summed E-state index contributed by atoms with van der Waals surface area (Å²) in [6, 6.07) is 0.139. The lowest BCUT2D eigenvalue weighted by molar-refractivity contribution is -0.148. The van der Waals surface area contributed by atoms with E-state index in [9.17, 15) is 9.59 Å². The van der Waals surface area contributed by atoms with E-state index < -0.39 is 5.97 Å². The third-order valence-corrected chi connectivity index (χ3v) is 4.39. The van der Waals surface area contributed by atoms with Crippen molar-refractivity contribution >= 4 is 17.7 Å². The van der Waals surface area contributed by atoms with Crippen molar-refractivity contribution in [2.45, 2.75) is 46.1 Å². The second-order valence-corrected chi connectivity index (χ2v) is 6.26. The first-order valence-electron chi connectivity index (χ1n) is 8.06. The average Bonchev–Trinajstić information content (AvgIpc) is 3.29. The zero-order chi connectivity index (χ0) is 17.3. The molecule has 0 spiro atoms. The highest BCUT2D eigenvalue weighted by molar-refractivity contribution is 5.81. The molecule has 0 saturated heterocycles. The quantitative estimate of drug-likeness (QED) is 0.784. The Kier molecular flexibility index (Phi) is 4.46. The molecule has 1 aliphatic carbocycles. The van der Waals surface area contributed by atoms with Gasteiger partial charge >= 0.3 is 5.97 Å². The van der Waals surface area contributed by atoms with Crippen LogP contribution < -0.4 is 5.32 Å². The number of nitrogens with one attached hydrogen (secondary N) is 1. The van der Waals surface area contributed by atoms with Gasteiger partial charge in [0.05, 0.1) is 6.42 Å². The number of ether oxygens (including phenoxy) is 1. The standard InChI is InChI=1S/C16H21N5O3/c1-9(12-4-5-12)19-14(22)7-24-15(23)6-13-10(2)20-16-17-8-18-21(16)11(13)3/h8-9,12H,4-7H2,1-3H3,(H,19,22)/t9-/m1/s1. The van der Waals surface area contributed by atoms with E-state index in [-0.39, 0.29) is 25.0 Å². The number of fused-ring (bicyclic) bond motifs is 1. The summed E-state index contributed by atoms with van der Waals surface area (Å²) in [6.45, 7) is 5.38. The van der Waals surface area contributed by atoms with Gasteiger partial charge in [-0.15, -0.1) is 0 Å². The maximum Gasteiger partial charge on any atom is 0.310 e. The van der Waals surface area contributed by atoms with Crippen molar-refractivity contribution in [3.63, 3.8) is 0 Å². The van der Waals surface area contributed by atoms with Gasteiger partial charge in [0.2, 0.25) is 0 Å². The minimum atomic E-state index is -0.461. The molecule has 1 aliphatic rings. The van der Waals surface area contributed by atoms with Gasteiger partial charge in [0.15, 0.2) is 6.61 Å². The molecule has 0 bridgehead atoms. The van der Waals surface area contributed by atoms with Gasteiger partial charge in [-0.05, 0) is 39.5 Å². The van der Waals surface area contributed by atoms with Crippen LogP contribution in [0.2, 0.25) is 0 Å². The molecular weight excluding hydrogens is 310 g/mol. The second-order valence-electron chi connectivity index (χ2n) is 6.26. The number of carbonyl (C=O) groups is 2. The number of aryl methyl sites for hydroxylation is 2. The number of esters is 1. The van der Waals surface area contributed by atoms with Crippen molar-refractivity contribution < 1.29 is 14.3 Å². The van der Waals surface area contributed by atoms with Crippen LogP contribution in [0.25, 0.3) is 5.78 Å². The molecule has 0 unspecified atom stereocenters. The molecule has 2 aromatic rings. The molecule has 8 heteroatoms. The molecule has 2 heterocycles. The normalized spacial score (nSPS) is 15.3. The van der Waals surface area contributed by atoms with E-state index in [0.29, 0.717) is 17.4 Å². The molecule has 1 amide bonds. The van der Waals surface area contributed by atoms with Crippen LogP contribution in [-0.4, -0.2) is 44.1 Å². The lowest BCUT2D eigenvalue weighted by Crippen LogP contribution is -2.37. The Hall–Kier alpha value is -2.51. The van der Waals surface area contributed by atoms with Crippen LogP contribution >= 0.6 is 0 Å². The van der Waals surface area contributed by atoms with Gasteiger partial charge in [0, 0.05) is 23.0 Å². The summed E-state index contributed by atoms with van der Waals surface area (Å²) in [6.07, 6.45) is 3.77. The Balaban J connectivity index is 1.57. The molecule has 1 atom stereocenters. The smallest absolute Gasteiger partial charge is 0.310 e. The van der Waals surface area contributed by atoms with E-state index in [4.69, 9.17) is 4.74 Å². The zero-order valence-electron chi connectivity index (χ0n) is 14.1.